The Hall–Kier alpha value is -2.20. The highest BCUT2D eigenvalue weighted by Gasteiger charge is 2.30. The number of carbonyl (C=O) groups excluding carboxylic acids is 1. The van der Waals surface area contributed by atoms with Crippen molar-refractivity contribution in [1.82, 2.24) is 4.90 Å². The molecule has 1 heterocycles. The number of ether oxygens (including phenoxy) is 2. The lowest BCUT2D eigenvalue weighted by atomic mass is 10.1. The van der Waals surface area contributed by atoms with E-state index < -0.39 is 0 Å². The predicted molar refractivity (Wildman–Crippen MR) is 108 cm³/mol. The number of hydrogen-bond donors (Lipinski definition) is 0. The van der Waals surface area contributed by atoms with Gasteiger partial charge < -0.3 is 14.4 Å². The van der Waals surface area contributed by atoms with Crippen molar-refractivity contribution in [3.63, 3.8) is 0 Å². The first kappa shape index (κ1) is 19.6. The van der Waals surface area contributed by atoms with Gasteiger partial charge in [0.25, 0.3) is 5.91 Å². The van der Waals surface area contributed by atoms with Crippen LogP contribution >= 0.6 is 11.6 Å². The Labute approximate surface area is 166 Å². The second-order valence-electron chi connectivity index (χ2n) is 7.80. The smallest absolute Gasteiger partial charge is 0.254 e. The summed E-state index contributed by atoms with van der Waals surface area (Å²) in [6.45, 7) is 7.30. The quantitative estimate of drug-likeness (QED) is 0.707. The molecule has 1 amide bonds. The van der Waals surface area contributed by atoms with Crippen LogP contribution in [-0.2, 0) is 0 Å². The summed E-state index contributed by atoms with van der Waals surface area (Å²) in [5, 5.41) is 0.631. The zero-order valence-corrected chi connectivity index (χ0v) is 16.8. The third kappa shape index (κ3) is 5.39. The molecule has 4 nitrogen and oxygen atoms in total. The molecule has 0 N–H and O–H groups in total. The van der Waals surface area contributed by atoms with Crippen LogP contribution in [0, 0.1) is 0 Å². The maximum absolute atomic E-state index is 12.8. The molecule has 1 aliphatic rings. The van der Waals surface area contributed by atoms with E-state index in [1.54, 1.807) is 24.3 Å². The summed E-state index contributed by atoms with van der Waals surface area (Å²) in [4.78, 5) is 14.7. The first-order valence-corrected chi connectivity index (χ1v) is 9.68. The lowest BCUT2D eigenvalue weighted by Gasteiger charge is -2.25. The molecule has 1 saturated heterocycles. The van der Waals surface area contributed by atoms with Crippen molar-refractivity contribution in [2.45, 2.75) is 45.3 Å². The molecule has 1 atom stereocenters. The summed E-state index contributed by atoms with van der Waals surface area (Å²) < 4.78 is 11.8. The van der Waals surface area contributed by atoms with Gasteiger partial charge in [-0.15, -0.1) is 0 Å². The van der Waals surface area contributed by atoms with Crippen molar-refractivity contribution < 1.29 is 14.3 Å². The summed E-state index contributed by atoms with van der Waals surface area (Å²) in [5.41, 5.74) is 0.435. The van der Waals surface area contributed by atoms with Crippen LogP contribution in [-0.4, -0.2) is 35.6 Å². The molecule has 0 aromatic heterocycles. The Bertz CT molecular complexity index is 766. The lowest BCUT2D eigenvalue weighted by molar-refractivity contribution is 0.0691. The molecule has 0 bridgehead atoms. The SMILES string of the molecule is CC(C)(C)Oc1ccc(OC[C@@H]2CCCN2C(=O)c2ccc(Cl)cc2)cc1. The minimum Gasteiger partial charge on any atom is -0.491 e. The first-order chi connectivity index (χ1) is 12.8. The highest BCUT2D eigenvalue weighted by molar-refractivity contribution is 6.30. The Morgan fingerprint density at radius 1 is 1.07 bits per heavy atom. The Morgan fingerprint density at radius 2 is 1.70 bits per heavy atom. The lowest BCUT2D eigenvalue weighted by Crippen LogP contribution is -2.39. The van der Waals surface area contributed by atoms with Gasteiger partial charge in [0.2, 0.25) is 0 Å². The molecule has 2 aromatic rings. The van der Waals surface area contributed by atoms with Crippen LogP contribution in [0.25, 0.3) is 0 Å². The largest absolute Gasteiger partial charge is 0.491 e. The molecular formula is C22H26ClNO3. The van der Waals surface area contributed by atoms with Crippen molar-refractivity contribution in [2.75, 3.05) is 13.2 Å². The standard InChI is InChI=1S/C22H26ClNO3/c1-22(2,3)27-20-12-10-19(11-13-20)26-15-18-5-4-14-24(18)21(25)16-6-8-17(23)9-7-16/h6-13,18H,4-5,14-15H2,1-3H3/t18-/m0/s1. The van der Waals surface area contributed by atoms with E-state index in [9.17, 15) is 4.79 Å². The number of benzene rings is 2. The van der Waals surface area contributed by atoms with Gasteiger partial charge >= 0.3 is 0 Å². The van der Waals surface area contributed by atoms with Gasteiger partial charge in [-0.25, -0.2) is 0 Å². The van der Waals surface area contributed by atoms with Gasteiger partial charge in [0.15, 0.2) is 0 Å². The van der Waals surface area contributed by atoms with Crippen molar-refractivity contribution in [1.29, 1.82) is 0 Å². The number of carbonyl (C=O) groups is 1. The molecule has 0 spiro atoms. The molecular weight excluding hydrogens is 362 g/mol. The summed E-state index contributed by atoms with van der Waals surface area (Å²) in [7, 11) is 0. The number of likely N-dealkylation sites (tertiary alicyclic amines) is 1. The Morgan fingerprint density at radius 3 is 2.33 bits per heavy atom. The van der Waals surface area contributed by atoms with Crippen LogP contribution in [0.5, 0.6) is 11.5 Å². The molecule has 27 heavy (non-hydrogen) atoms. The minimum absolute atomic E-state index is 0.0340. The van der Waals surface area contributed by atoms with E-state index >= 15 is 0 Å². The van der Waals surface area contributed by atoms with Gasteiger partial charge in [0.1, 0.15) is 23.7 Å². The molecule has 1 fully saturated rings. The summed E-state index contributed by atoms with van der Waals surface area (Å²) in [6.07, 6.45) is 1.94. The normalized spacial score (nSPS) is 17.0. The van der Waals surface area contributed by atoms with Gasteiger partial charge in [0.05, 0.1) is 6.04 Å². The van der Waals surface area contributed by atoms with Gasteiger partial charge in [0, 0.05) is 17.1 Å². The molecule has 0 unspecified atom stereocenters. The number of hydrogen-bond acceptors (Lipinski definition) is 3. The van der Waals surface area contributed by atoms with E-state index in [1.165, 1.54) is 0 Å². The van der Waals surface area contributed by atoms with E-state index in [4.69, 9.17) is 21.1 Å². The van der Waals surface area contributed by atoms with Crippen LogP contribution < -0.4 is 9.47 Å². The van der Waals surface area contributed by atoms with Crippen molar-refractivity contribution in [3.8, 4) is 11.5 Å². The highest BCUT2D eigenvalue weighted by atomic mass is 35.5. The fraction of sp³-hybridized carbons (Fsp3) is 0.409. The number of amides is 1. The zero-order chi connectivity index (χ0) is 19.4. The summed E-state index contributed by atoms with van der Waals surface area (Å²) >= 11 is 5.91. The monoisotopic (exact) mass is 387 g/mol. The third-order valence-electron chi connectivity index (χ3n) is 4.42. The predicted octanol–water partition coefficient (Wildman–Crippen LogP) is 5.20. The van der Waals surface area contributed by atoms with Crippen LogP contribution in [0.4, 0.5) is 0 Å². The summed E-state index contributed by atoms with van der Waals surface area (Å²) in [6, 6.07) is 14.7. The van der Waals surface area contributed by atoms with Crippen LogP contribution in [0.3, 0.4) is 0 Å². The average molecular weight is 388 g/mol. The summed E-state index contributed by atoms with van der Waals surface area (Å²) in [5.74, 6) is 1.63. The van der Waals surface area contributed by atoms with E-state index in [2.05, 4.69) is 0 Å². The molecule has 0 radical (unpaired) electrons. The first-order valence-electron chi connectivity index (χ1n) is 9.30. The molecule has 0 saturated carbocycles. The number of rotatable bonds is 5. The van der Waals surface area contributed by atoms with Gasteiger partial charge in [-0.3, -0.25) is 4.79 Å². The molecule has 144 valence electrons. The van der Waals surface area contributed by atoms with Crippen molar-refractivity contribution in [2.24, 2.45) is 0 Å². The minimum atomic E-state index is -0.227. The highest BCUT2D eigenvalue weighted by Crippen LogP contribution is 2.24. The van der Waals surface area contributed by atoms with Crippen molar-refractivity contribution >= 4 is 17.5 Å². The fourth-order valence-electron chi connectivity index (χ4n) is 3.18. The maximum atomic E-state index is 12.8. The van der Waals surface area contributed by atoms with Crippen LogP contribution in [0.15, 0.2) is 48.5 Å². The van der Waals surface area contributed by atoms with E-state index in [1.807, 2.05) is 49.9 Å². The number of halogens is 1. The molecule has 2 aromatic carbocycles. The number of nitrogens with zero attached hydrogens (tertiary/aromatic N) is 1. The van der Waals surface area contributed by atoms with Crippen LogP contribution in [0.1, 0.15) is 44.0 Å². The topological polar surface area (TPSA) is 38.8 Å². The third-order valence-corrected chi connectivity index (χ3v) is 4.67. The molecule has 0 aliphatic carbocycles. The fourth-order valence-corrected chi connectivity index (χ4v) is 3.31. The van der Waals surface area contributed by atoms with Gasteiger partial charge in [-0.2, -0.15) is 0 Å². The van der Waals surface area contributed by atoms with Gasteiger partial charge in [-0.1, -0.05) is 11.6 Å². The van der Waals surface area contributed by atoms with E-state index in [0.717, 1.165) is 30.9 Å². The van der Waals surface area contributed by atoms with Crippen LogP contribution in [0.2, 0.25) is 5.02 Å². The maximum Gasteiger partial charge on any atom is 0.254 e. The van der Waals surface area contributed by atoms with E-state index in [-0.39, 0.29) is 17.6 Å². The zero-order valence-electron chi connectivity index (χ0n) is 16.1. The molecule has 5 heteroatoms. The van der Waals surface area contributed by atoms with Gasteiger partial charge in [-0.05, 0) is 82.1 Å². The van der Waals surface area contributed by atoms with Crippen molar-refractivity contribution in [3.05, 3.63) is 59.1 Å². The molecule has 3 rings (SSSR count). The second kappa shape index (κ2) is 8.22. The molecule has 1 aliphatic heterocycles. The Kier molecular flexibility index (Phi) is 5.95. The van der Waals surface area contributed by atoms with E-state index in [0.29, 0.717) is 17.2 Å². The Balaban J connectivity index is 1.58. The average Bonchev–Trinajstić information content (AvgIpc) is 3.08. The second-order valence-corrected chi connectivity index (χ2v) is 8.23.